The van der Waals surface area contributed by atoms with Gasteiger partial charge in [-0.2, -0.15) is 13.2 Å². The number of nitrogens with zero attached hydrogens (tertiary/aromatic N) is 2. The van der Waals surface area contributed by atoms with E-state index in [2.05, 4.69) is 27.4 Å². The quantitative estimate of drug-likeness (QED) is 0.391. The van der Waals surface area contributed by atoms with Crippen LogP contribution in [-0.2, 0) is 21.2 Å². The van der Waals surface area contributed by atoms with Gasteiger partial charge in [-0.05, 0) is 56.3 Å². The van der Waals surface area contributed by atoms with Gasteiger partial charge in [-0.1, -0.05) is 18.8 Å². The van der Waals surface area contributed by atoms with Crippen LogP contribution in [0, 0.1) is 23.7 Å². The van der Waals surface area contributed by atoms with Crippen molar-refractivity contribution in [1.82, 2.24) is 9.47 Å². The maximum Gasteiger partial charge on any atom is 0.406 e. The number of carbonyl (C=O) groups is 1. The molecule has 41 heavy (non-hydrogen) atoms. The second-order valence-electron chi connectivity index (χ2n) is 10.4. The Kier molecular flexibility index (Phi) is 8.89. The smallest absolute Gasteiger partial charge is 0.406 e. The van der Waals surface area contributed by atoms with Gasteiger partial charge >= 0.3 is 6.18 Å². The zero-order chi connectivity index (χ0) is 29.9. The highest BCUT2D eigenvalue weighted by Crippen LogP contribution is 2.31. The van der Waals surface area contributed by atoms with Crippen molar-refractivity contribution < 1.29 is 31.1 Å². The zero-order valence-electron chi connectivity index (χ0n) is 23.3. The van der Waals surface area contributed by atoms with Gasteiger partial charge in [-0.15, -0.1) is 0 Å². The first-order valence-electron chi connectivity index (χ1n) is 13.0. The summed E-state index contributed by atoms with van der Waals surface area (Å²) in [6, 6.07) is 9.25. The van der Waals surface area contributed by atoms with E-state index in [4.69, 9.17) is 4.74 Å². The van der Waals surface area contributed by atoms with E-state index in [-0.39, 0.29) is 29.2 Å². The molecule has 220 valence electrons. The first-order valence-corrected chi connectivity index (χ1v) is 14.9. The van der Waals surface area contributed by atoms with Crippen molar-refractivity contribution in [3.05, 3.63) is 48.2 Å². The van der Waals surface area contributed by atoms with Gasteiger partial charge in [0.15, 0.2) is 9.84 Å². The Morgan fingerprint density at radius 1 is 1.17 bits per heavy atom. The maximum absolute atomic E-state index is 13.3. The normalized spacial score (nSPS) is 18.0. The average Bonchev–Trinajstić information content (AvgIpc) is 3.27. The summed E-state index contributed by atoms with van der Waals surface area (Å²) in [7, 11) is 0.0239. The van der Waals surface area contributed by atoms with Crippen molar-refractivity contribution in [2.45, 2.75) is 31.0 Å². The molecule has 1 saturated heterocycles. The Morgan fingerprint density at radius 3 is 2.59 bits per heavy atom. The lowest BCUT2D eigenvalue weighted by Gasteiger charge is -2.33. The number of hydrogen-bond donors (Lipinski definition) is 2. The van der Waals surface area contributed by atoms with E-state index in [0.29, 0.717) is 40.0 Å². The minimum atomic E-state index is -4.42. The van der Waals surface area contributed by atoms with E-state index in [9.17, 15) is 26.4 Å². The number of methoxy groups -OCH3 is 1. The number of hydrogen-bond acceptors (Lipinski definition) is 6. The molecule has 8 nitrogen and oxygen atoms in total. The number of ether oxygens (including phenoxy) is 1. The molecule has 1 fully saturated rings. The molecule has 0 bridgehead atoms. The Morgan fingerprint density at radius 2 is 1.93 bits per heavy atom. The van der Waals surface area contributed by atoms with E-state index in [0.717, 1.165) is 23.9 Å². The fourth-order valence-corrected chi connectivity index (χ4v) is 5.74. The summed E-state index contributed by atoms with van der Waals surface area (Å²) in [6.07, 6.45) is -1.26. The average molecular weight is 591 g/mol. The van der Waals surface area contributed by atoms with Crippen LogP contribution in [0.2, 0.25) is 0 Å². The van der Waals surface area contributed by atoms with E-state index in [1.54, 1.807) is 24.3 Å². The summed E-state index contributed by atoms with van der Waals surface area (Å²) in [5.41, 5.74) is 1.69. The lowest BCUT2D eigenvalue weighted by Crippen LogP contribution is -2.41. The highest BCUT2D eigenvalue weighted by atomic mass is 32.2. The standard InChI is InChI=1S/C29H33F3N4O4S/c1-19-17-35(2)12-9-22(19)28(37)34-25-14-20(15-26-23(25)10-13-36(26)18-29(30,31)32)6-5-11-33-24-8-7-21(41(4,38)39)16-27(24)40-3/h7-8,10,13-16,19,22,33H,9,11-12,17-18H2,1-4H3,(H,34,37). The van der Waals surface area contributed by atoms with Crippen LogP contribution in [0.4, 0.5) is 24.5 Å². The molecule has 2 atom stereocenters. The van der Waals surface area contributed by atoms with Gasteiger partial charge in [-0.3, -0.25) is 4.79 Å². The van der Waals surface area contributed by atoms with Crippen LogP contribution in [0.25, 0.3) is 10.9 Å². The molecule has 0 saturated carbocycles. The van der Waals surface area contributed by atoms with Gasteiger partial charge in [0.1, 0.15) is 12.3 Å². The van der Waals surface area contributed by atoms with Crippen LogP contribution in [0.3, 0.4) is 0 Å². The molecule has 1 amide bonds. The SMILES string of the molecule is COc1cc(S(C)(=O)=O)ccc1NCC#Cc1cc(NC(=O)C2CCN(C)CC2C)c2ccn(CC(F)(F)F)c2c1. The van der Waals surface area contributed by atoms with Crippen molar-refractivity contribution >= 4 is 38.0 Å². The van der Waals surface area contributed by atoms with Crippen molar-refractivity contribution in [2.75, 3.05) is 50.7 Å². The molecule has 2 unspecified atom stereocenters. The predicted octanol–water partition coefficient (Wildman–Crippen LogP) is 4.61. The van der Waals surface area contributed by atoms with Gasteiger partial charge in [0.05, 0.1) is 35.4 Å². The number of fused-ring (bicyclic) bond motifs is 1. The van der Waals surface area contributed by atoms with Crippen molar-refractivity contribution in [3.8, 4) is 17.6 Å². The molecular formula is C29H33F3N4O4S. The molecule has 2 aromatic carbocycles. The number of halogens is 3. The van der Waals surface area contributed by atoms with E-state index < -0.39 is 22.6 Å². The Bertz CT molecular complexity index is 1610. The third kappa shape index (κ3) is 7.54. The molecule has 0 aliphatic carbocycles. The Labute approximate surface area is 237 Å². The summed E-state index contributed by atoms with van der Waals surface area (Å²) in [5, 5.41) is 6.53. The number of carbonyl (C=O) groups excluding carboxylic acids is 1. The number of rotatable bonds is 7. The molecular weight excluding hydrogens is 557 g/mol. The summed E-state index contributed by atoms with van der Waals surface area (Å²) in [6.45, 7) is 2.58. The topological polar surface area (TPSA) is 92.7 Å². The van der Waals surface area contributed by atoms with Crippen LogP contribution in [0.5, 0.6) is 5.75 Å². The molecule has 2 heterocycles. The number of aromatic nitrogens is 1. The first kappa shape index (κ1) is 30.3. The predicted molar refractivity (Wildman–Crippen MR) is 153 cm³/mol. The maximum atomic E-state index is 13.3. The number of amides is 1. The second kappa shape index (κ2) is 12.0. The minimum absolute atomic E-state index is 0.116. The summed E-state index contributed by atoms with van der Waals surface area (Å²) < 4.78 is 69.8. The zero-order valence-corrected chi connectivity index (χ0v) is 24.1. The number of piperidine rings is 1. The molecule has 1 aromatic heterocycles. The van der Waals surface area contributed by atoms with Crippen LogP contribution in [-0.4, -0.2) is 70.0 Å². The van der Waals surface area contributed by atoms with E-state index in [1.807, 2.05) is 14.0 Å². The van der Waals surface area contributed by atoms with Gasteiger partial charge in [0.25, 0.3) is 0 Å². The number of nitrogens with one attached hydrogen (secondary N) is 2. The summed E-state index contributed by atoms with van der Waals surface area (Å²) >= 11 is 0. The third-order valence-corrected chi connectivity index (χ3v) is 8.25. The highest BCUT2D eigenvalue weighted by Gasteiger charge is 2.31. The lowest BCUT2D eigenvalue weighted by atomic mass is 9.86. The van der Waals surface area contributed by atoms with Crippen molar-refractivity contribution in [1.29, 1.82) is 0 Å². The van der Waals surface area contributed by atoms with Gasteiger partial charge in [0.2, 0.25) is 5.91 Å². The van der Waals surface area contributed by atoms with Crippen molar-refractivity contribution in [2.24, 2.45) is 11.8 Å². The second-order valence-corrected chi connectivity index (χ2v) is 12.4. The van der Waals surface area contributed by atoms with E-state index >= 15 is 0 Å². The first-order chi connectivity index (χ1) is 19.2. The Balaban J connectivity index is 1.60. The number of likely N-dealkylation sites (tertiary alicyclic amines) is 1. The number of benzene rings is 2. The van der Waals surface area contributed by atoms with Crippen LogP contribution in [0.1, 0.15) is 18.9 Å². The highest BCUT2D eigenvalue weighted by molar-refractivity contribution is 7.90. The van der Waals surface area contributed by atoms with Crippen LogP contribution in [0.15, 0.2) is 47.5 Å². The molecule has 3 aromatic rings. The molecule has 2 N–H and O–H groups in total. The van der Waals surface area contributed by atoms with Gasteiger partial charge < -0.3 is 24.8 Å². The molecule has 1 aliphatic heterocycles. The molecule has 1 aliphatic rings. The van der Waals surface area contributed by atoms with Crippen molar-refractivity contribution in [3.63, 3.8) is 0 Å². The molecule has 0 spiro atoms. The summed E-state index contributed by atoms with van der Waals surface area (Å²) in [5.74, 6) is 6.00. The molecule has 12 heteroatoms. The minimum Gasteiger partial charge on any atom is -0.495 e. The summed E-state index contributed by atoms with van der Waals surface area (Å²) in [4.78, 5) is 15.5. The Hall–Kier alpha value is -3.69. The monoisotopic (exact) mass is 590 g/mol. The van der Waals surface area contributed by atoms with E-state index in [1.165, 1.54) is 25.4 Å². The lowest BCUT2D eigenvalue weighted by molar-refractivity contribution is -0.139. The number of sulfone groups is 1. The van der Waals surface area contributed by atoms with Crippen LogP contribution < -0.4 is 15.4 Å². The van der Waals surface area contributed by atoms with Gasteiger partial charge in [-0.25, -0.2) is 8.42 Å². The largest absolute Gasteiger partial charge is 0.495 e. The molecule has 0 radical (unpaired) electrons. The molecule has 4 rings (SSSR count). The number of anilines is 2. The number of alkyl halides is 3. The van der Waals surface area contributed by atoms with Crippen LogP contribution >= 0.6 is 0 Å². The third-order valence-electron chi connectivity index (χ3n) is 7.14. The fourth-order valence-electron chi connectivity index (χ4n) is 5.11. The fraction of sp³-hybridized carbons (Fsp3) is 0.414. The van der Waals surface area contributed by atoms with Gasteiger partial charge in [0, 0.05) is 41.9 Å².